The first-order valence-corrected chi connectivity index (χ1v) is 8.05. The lowest BCUT2D eigenvalue weighted by Gasteiger charge is -2.29. The molecule has 0 aromatic carbocycles. The Morgan fingerprint density at radius 1 is 1.33 bits per heavy atom. The number of nitrogens with one attached hydrogen (secondary N) is 1. The first-order chi connectivity index (χ1) is 8.30. The van der Waals surface area contributed by atoms with Gasteiger partial charge in [0.05, 0.1) is 13.2 Å². The van der Waals surface area contributed by atoms with E-state index >= 15 is 0 Å². The molecule has 106 valence electrons. The molecule has 0 bridgehead atoms. The SMILES string of the molecule is C[C@H](CN1CCOCC1)NC(=O)[C@H](C)S(C)(=O)=O. The van der Waals surface area contributed by atoms with Crippen LogP contribution in [0.1, 0.15) is 13.8 Å². The molecule has 6 nitrogen and oxygen atoms in total. The molecule has 1 aliphatic rings. The monoisotopic (exact) mass is 278 g/mol. The van der Waals surface area contributed by atoms with Crippen LogP contribution in [-0.4, -0.2) is 69.6 Å². The van der Waals surface area contributed by atoms with Gasteiger partial charge in [0.2, 0.25) is 5.91 Å². The van der Waals surface area contributed by atoms with Gasteiger partial charge in [0.15, 0.2) is 9.84 Å². The number of sulfone groups is 1. The second-order valence-electron chi connectivity index (χ2n) is 4.79. The van der Waals surface area contributed by atoms with Crippen LogP contribution in [0.15, 0.2) is 0 Å². The van der Waals surface area contributed by atoms with Gasteiger partial charge in [0.1, 0.15) is 5.25 Å². The number of ether oxygens (including phenoxy) is 1. The van der Waals surface area contributed by atoms with Crippen LogP contribution in [0.25, 0.3) is 0 Å². The first kappa shape index (κ1) is 15.4. The molecule has 0 unspecified atom stereocenters. The van der Waals surface area contributed by atoms with Crippen LogP contribution >= 0.6 is 0 Å². The Hall–Kier alpha value is -0.660. The van der Waals surface area contributed by atoms with Crippen molar-refractivity contribution in [2.24, 2.45) is 0 Å². The number of morpholine rings is 1. The minimum Gasteiger partial charge on any atom is -0.379 e. The van der Waals surface area contributed by atoms with E-state index in [0.717, 1.165) is 19.3 Å². The standard InChI is InChI=1S/C11H22N2O4S/c1-9(8-13-4-6-17-7-5-13)12-11(14)10(2)18(3,15)16/h9-10H,4-8H2,1-3H3,(H,12,14)/t9-,10+/m1/s1. The summed E-state index contributed by atoms with van der Waals surface area (Å²) in [6.45, 7) is 7.12. The van der Waals surface area contributed by atoms with Gasteiger partial charge in [-0.15, -0.1) is 0 Å². The Labute approximate surface area is 109 Å². The Kier molecular flexibility index (Phi) is 5.55. The van der Waals surface area contributed by atoms with Gasteiger partial charge < -0.3 is 10.1 Å². The lowest BCUT2D eigenvalue weighted by molar-refractivity contribution is -0.121. The number of rotatable bonds is 5. The van der Waals surface area contributed by atoms with E-state index < -0.39 is 21.0 Å². The summed E-state index contributed by atoms with van der Waals surface area (Å²) in [4.78, 5) is 13.9. The number of amides is 1. The summed E-state index contributed by atoms with van der Waals surface area (Å²) in [5.41, 5.74) is 0. The molecule has 0 aromatic heterocycles. The summed E-state index contributed by atoms with van der Waals surface area (Å²) >= 11 is 0. The minimum absolute atomic E-state index is 0.0696. The van der Waals surface area contributed by atoms with Gasteiger partial charge in [0, 0.05) is 31.9 Å². The predicted octanol–water partition coefficient (Wildman–Crippen LogP) is -0.744. The highest BCUT2D eigenvalue weighted by molar-refractivity contribution is 7.92. The van der Waals surface area contributed by atoms with Crippen LogP contribution < -0.4 is 5.32 Å². The molecule has 0 saturated carbocycles. The molecule has 2 atom stereocenters. The summed E-state index contributed by atoms with van der Waals surface area (Å²) in [5, 5.41) is 1.74. The van der Waals surface area contributed by atoms with Gasteiger partial charge in [-0.3, -0.25) is 9.69 Å². The fraction of sp³-hybridized carbons (Fsp3) is 0.909. The average molecular weight is 278 g/mol. The molecule has 1 amide bonds. The van der Waals surface area contributed by atoms with Crippen molar-refractivity contribution in [3.63, 3.8) is 0 Å². The summed E-state index contributed by atoms with van der Waals surface area (Å²) in [6, 6.07) is -0.0696. The van der Waals surface area contributed by atoms with E-state index in [1.165, 1.54) is 6.92 Å². The highest BCUT2D eigenvalue weighted by atomic mass is 32.2. The fourth-order valence-electron chi connectivity index (χ4n) is 1.77. The molecular weight excluding hydrogens is 256 g/mol. The van der Waals surface area contributed by atoms with Crippen LogP contribution in [0.4, 0.5) is 0 Å². The number of nitrogens with zero attached hydrogens (tertiary/aromatic N) is 1. The van der Waals surface area contributed by atoms with Gasteiger partial charge in [-0.25, -0.2) is 8.42 Å². The van der Waals surface area contributed by atoms with E-state index in [-0.39, 0.29) is 6.04 Å². The van der Waals surface area contributed by atoms with Crippen LogP contribution in [0, 0.1) is 0 Å². The van der Waals surface area contributed by atoms with Gasteiger partial charge in [-0.2, -0.15) is 0 Å². The molecule has 1 N–H and O–H groups in total. The molecule has 1 saturated heterocycles. The number of hydrogen-bond acceptors (Lipinski definition) is 5. The maximum atomic E-state index is 11.7. The summed E-state index contributed by atoms with van der Waals surface area (Å²) in [5.74, 6) is -0.432. The highest BCUT2D eigenvalue weighted by Crippen LogP contribution is 2.01. The lowest BCUT2D eigenvalue weighted by Crippen LogP contribution is -2.48. The fourth-order valence-corrected chi connectivity index (χ4v) is 2.23. The average Bonchev–Trinajstić information content (AvgIpc) is 2.27. The topological polar surface area (TPSA) is 75.7 Å². The van der Waals surface area contributed by atoms with Crippen molar-refractivity contribution >= 4 is 15.7 Å². The quantitative estimate of drug-likeness (QED) is 0.716. The van der Waals surface area contributed by atoms with Gasteiger partial charge in [0.25, 0.3) is 0 Å². The predicted molar refractivity (Wildman–Crippen MR) is 69.2 cm³/mol. The number of carbonyl (C=O) groups excluding carboxylic acids is 1. The van der Waals surface area contributed by atoms with Gasteiger partial charge in [-0.05, 0) is 13.8 Å². The summed E-state index contributed by atoms with van der Waals surface area (Å²) in [7, 11) is -3.33. The van der Waals surface area contributed by atoms with Crippen LogP contribution in [0.2, 0.25) is 0 Å². The van der Waals surface area contributed by atoms with E-state index in [0.29, 0.717) is 19.8 Å². The largest absolute Gasteiger partial charge is 0.379 e. The highest BCUT2D eigenvalue weighted by Gasteiger charge is 2.25. The maximum Gasteiger partial charge on any atom is 0.238 e. The molecule has 1 aliphatic heterocycles. The third kappa shape index (κ3) is 4.91. The van der Waals surface area contributed by atoms with Crippen molar-refractivity contribution in [1.82, 2.24) is 10.2 Å². The van der Waals surface area contributed by atoms with Gasteiger partial charge >= 0.3 is 0 Å². The Morgan fingerprint density at radius 2 is 1.89 bits per heavy atom. The zero-order valence-corrected chi connectivity index (χ0v) is 12.0. The van der Waals surface area contributed by atoms with E-state index in [4.69, 9.17) is 4.74 Å². The molecule has 7 heteroatoms. The van der Waals surface area contributed by atoms with Crippen molar-refractivity contribution in [3.8, 4) is 0 Å². The Morgan fingerprint density at radius 3 is 2.39 bits per heavy atom. The number of carbonyl (C=O) groups is 1. The first-order valence-electron chi connectivity index (χ1n) is 6.10. The normalized spacial score (nSPS) is 21.3. The zero-order valence-electron chi connectivity index (χ0n) is 11.2. The van der Waals surface area contributed by atoms with Crippen molar-refractivity contribution in [2.75, 3.05) is 39.1 Å². The third-order valence-corrected chi connectivity index (χ3v) is 4.53. The van der Waals surface area contributed by atoms with E-state index in [1.54, 1.807) is 0 Å². The van der Waals surface area contributed by atoms with Crippen molar-refractivity contribution in [2.45, 2.75) is 25.1 Å². The van der Waals surface area contributed by atoms with Crippen molar-refractivity contribution in [3.05, 3.63) is 0 Å². The Bertz CT molecular complexity index is 377. The summed E-state index contributed by atoms with van der Waals surface area (Å²) in [6.07, 6.45) is 1.07. The van der Waals surface area contributed by atoms with E-state index in [9.17, 15) is 13.2 Å². The van der Waals surface area contributed by atoms with Crippen molar-refractivity contribution in [1.29, 1.82) is 0 Å². The molecular formula is C11H22N2O4S. The molecule has 1 rings (SSSR count). The number of hydrogen-bond donors (Lipinski definition) is 1. The molecule has 0 aliphatic carbocycles. The van der Waals surface area contributed by atoms with Crippen molar-refractivity contribution < 1.29 is 17.9 Å². The maximum absolute atomic E-state index is 11.7. The lowest BCUT2D eigenvalue weighted by atomic mass is 10.2. The zero-order chi connectivity index (χ0) is 13.8. The van der Waals surface area contributed by atoms with Crippen LogP contribution in [0.3, 0.4) is 0 Å². The van der Waals surface area contributed by atoms with E-state index in [1.807, 2.05) is 6.92 Å². The van der Waals surface area contributed by atoms with Crippen LogP contribution in [-0.2, 0) is 19.4 Å². The summed E-state index contributed by atoms with van der Waals surface area (Å²) < 4.78 is 27.7. The van der Waals surface area contributed by atoms with E-state index in [2.05, 4.69) is 10.2 Å². The Balaban J connectivity index is 2.39. The van der Waals surface area contributed by atoms with Crippen LogP contribution in [0.5, 0.6) is 0 Å². The molecule has 0 aromatic rings. The van der Waals surface area contributed by atoms with Gasteiger partial charge in [-0.1, -0.05) is 0 Å². The molecule has 18 heavy (non-hydrogen) atoms. The second kappa shape index (κ2) is 6.49. The second-order valence-corrected chi connectivity index (χ2v) is 7.16. The molecule has 0 spiro atoms. The molecule has 1 heterocycles. The third-order valence-electron chi connectivity index (χ3n) is 3.04. The smallest absolute Gasteiger partial charge is 0.238 e. The molecule has 0 radical (unpaired) electrons. The minimum atomic E-state index is -3.33. The molecule has 1 fully saturated rings.